The molecule has 1 aromatic heterocycles. The number of nitrogens with two attached hydrogens (primary N) is 1. The van der Waals surface area contributed by atoms with Crippen LogP contribution in [-0.4, -0.2) is 37.0 Å². The normalized spacial score (nSPS) is 28.1. The molecular formula is C17H28N4S. The topological polar surface area (TPSA) is 53.6 Å². The Morgan fingerprint density at radius 1 is 1.36 bits per heavy atom. The number of likely N-dealkylation sites (tertiary alicyclic amines) is 1. The maximum atomic E-state index is 6.10. The van der Waals surface area contributed by atoms with E-state index in [4.69, 9.17) is 5.73 Å². The number of rotatable bonds is 4. The summed E-state index contributed by atoms with van der Waals surface area (Å²) in [6.07, 6.45) is 7.61. The lowest BCUT2D eigenvalue weighted by Crippen LogP contribution is -2.40. The second-order valence-electron chi connectivity index (χ2n) is 6.69. The zero-order valence-corrected chi connectivity index (χ0v) is 14.3. The Bertz CT molecular complexity index is 479. The summed E-state index contributed by atoms with van der Waals surface area (Å²) in [5.74, 6) is 1.21. The van der Waals surface area contributed by atoms with Gasteiger partial charge in [-0.2, -0.15) is 0 Å². The molecule has 5 heteroatoms. The van der Waals surface area contributed by atoms with Crippen molar-refractivity contribution >= 4 is 17.3 Å². The molecule has 2 atom stereocenters. The number of hydrogen-bond donors (Lipinski definition) is 2. The van der Waals surface area contributed by atoms with E-state index in [9.17, 15) is 0 Å². The maximum Gasteiger partial charge on any atom is 0.188 e. The van der Waals surface area contributed by atoms with Crippen LogP contribution in [0.3, 0.4) is 0 Å². The van der Waals surface area contributed by atoms with Gasteiger partial charge in [0.2, 0.25) is 0 Å². The third-order valence-corrected chi connectivity index (χ3v) is 5.99. The maximum absolute atomic E-state index is 6.10. The summed E-state index contributed by atoms with van der Waals surface area (Å²) in [4.78, 5) is 8.61. The number of aliphatic imine (C=N–C) groups is 1. The summed E-state index contributed by atoms with van der Waals surface area (Å²) >= 11 is 1.86. The number of guanidine groups is 1. The summed E-state index contributed by atoms with van der Waals surface area (Å²) in [5.41, 5.74) is 6.10. The molecule has 2 heterocycles. The lowest BCUT2D eigenvalue weighted by molar-refractivity contribution is 0.128. The molecule has 4 nitrogen and oxygen atoms in total. The third kappa shape index (κ3) is 3.82. The molecule has 2 fully saturated rings. The number of nitrogens with zero attached hydrogens (tertiary/aromatic N) is 2. The molecule has 2 unspecified atom stereocenters. The van der Waals surface area contributed by atoms with Crippen molar-refractivity contribution < 1.29 is 0 Å². The van der Waals surface area contributed by atoms with Gasteiger partial charge in [0, 0.05) is 23.5 Å². The first-order chi connectivity index (χ1) is 10.7. The number of nitrogens with one attached hydrogen (secondary N) is 1. The standard InChI is InChI=1S/C17H28N4S/c1-21-10-4-6-13(16(21)15-9-5-11-22-15)12-19-17(18)20-14-7-2-3-8-14/h5,9,11,13-14,16H,2-4,6-8,10,12H2,1H3,(H3,18,19,20). The van der Waals surface area contributed by atoms with Crippen LogP contribution in [0, 0.1) is 5.92 Å². The van der Waals surface area contributed by atoms with E-state index in [0.29, 0.717) is 24.0 Å². The van der Waals surface area contributed by atoms with Gasteiger partial charge in [-0.3, -0.25) is 9.89 Å². The van der Waals surface area contributed by atoms with Gasteiger partial charge in [0.15, 0.2) is 5.96 Å². The van der Waals surface area contributed by atoms with E-state index in [1.165, 1.54) is 49.9 Å². The Morgan fingerprint density at radius 3 is 2.91 bits per heavy atom. The smallest absolute Gasteiger partial charge is 0.188 e. The monoisotopic (exact) mass is 320 g/mol. The van der Waals surface area contributed by atoms with E-state index in [0.717, 1.165) is 6.54 Å². The van der Waals surface area contributed by atoms with Gasteiger partial charge in [-0.15, -0.1) is 11.3 Å². The Balaban J connectivity index is 1.61. The van der Waals surface area contributed by atoms with Crippen molar-refractivity contribution in [3.63, 3.8) is 0 Å². The van der Waals surface area contributed by atoms with E-state index in [2.05, 4.69) is 39.8 Å². The van der Waals surface area contributed by atoms with E-state index in [1.807, 2.05) is 11.3 Å². The third-order valence-electron chi connectivity index (χ3n) is 5.05. The van der Waals surface area contributed by atoms with Crippen LogP contribution < -0.4 is 11.1 Å². The van der Waals surface area contributed by atoms with E-state index in [-0.39, 0.29) is 0 Å². The van der Waals surface area contributed by atoms with E-state index < -0.39 is 0 Å². The molecular weight excluding hydrogens is 292 g/mol. The predicted octanol–water partition coefficient (Wildman–Crippen LogP) is 2.98. The minimum absolute atomic E-state index is 0.497. The van der Waals surface area contributed by atoms with Crippen LogP contribution in [0.25, 0.3) is 0 Å². The fourth-order valence-corrected chi connectivity index (χ4v) is 4.88. The zero-order chi connectivity index (χ0) is 15.4. The van der Waals surface area contributed by atoms with Crippen molar-refractivity contribution in [2.45, 2.75) is 50.6 Å². The van der Waals surface area contributed by atoms with Crippen molar-refractivity contribution in [2.24, 2.45) is 16.6 Å². The highest BCUT2D eigenvalue weighted by molar-refractivity contribution is 7.10. The molecule has 1 aromatic rings. The molecule has 3 rings (SSSR count). The Kier molecular flexibility index (Phi) is 5.37. The molecule has 1 aliphatic carbocycles. The molecule has 22 heavy (non-hydrogen) atoms. The second-order valence-corrected chi connectivity index (χ2v) is 7.67. The molecule has 0 bridgehead atoms. The van der Waals surface area contributed by atoms with Crippen LogP contribution >= 0.6 is 11.3 Å². The molecule has 122 valence electrons. The Morgan fingerprint density at radius 2 is 2.18 bits per heavy atom. The molecule has 0 aromatic carbocycles. The predicted molar refractivity (Wildman–Crippen MR) is 94.3 cm³/mol. The van der Waals surface area contributed by atoms with E-state index >= 15 is 0 Å². The van der Waals surface area contributed by atoms with Crippen LogP contribution in [0.4, 0.5) is 0 Å². The van der Waals surface area contributed by atoms with Crippen LogP contribution in [-0.2, 0) is 0 Å². The van der Waals surface area contributed by atoms with Gasteiger partial charge in [0.25, 0.3) is 0 Å². The molecule has 1 saturated carbocycles. The van der Waals surface area contributed by atoms with Gasteiger partial charge in [-0.1, -0.05) is 18.9 Å². The fraction of sp³-hybridized carbons (Fsp3) is 0.706. The van der Waals surface area contributed by atoms with Crippen molar-refractivity contribution in [2.75, 3.05) is 20.1 Å². The van der Waals surface area contributed by atoms with Crippen molar-refractivity contribution in [3.05, 3.63) is 22.4 Å². The Labute approximate surface area is 137 Å². The summed E-state index contributed by atoms with van der Waals surface area (Å²) in [6, 6.07) is 5.45. The molecule has 3 N–H and O–H groups in total. The van der Waals surface area contributed by atoms with Gasteiger partial charge < -0.3 is 11.1 Å². The first-order valence-electron chi connectivity index (χ1n) is 8.54. The second kappa shape index (κ2) is 7.47. The Hall–Kier alpha value is -1.07. The van der Waals surface area contributed by atoms with Gasteiger partial charge in [0.05, 0.1) is 0 Å². The summed E-state index contributed by atoms with van der Waals surface area (Å²) in [6.45, 7) is 2.01. The molecule has 0 amide bonds. The van der Waals surface area contributed by atoms with Crippen molar-refractivity contribution in [1.29, 1.82) is 0 Å². The lowest BCUT2D eigenvalue weighted by atomic mass is 9.88. The van der Waals surface area contributed by atoms with Crippen LogP contribution in [0.1, 0.15) is 49.4 Å². The highest BCUT2D eigenvalue weighted by atomic mass is 32.1. The molecule has 0 spiro atoms. The summed E-state index contributed by atoms with van der Waals surface area (Å²) in [5, 5.41) is 5.57. The van der Waals surface area contributed by atoms with E-state index in [1.54, 1.807) is 0 Å². The minimum Gasteiger partial charge on any atom is -0.370 e. The van der Waals surface area contributed by atoms with Crippen LogP contribution in [0.15, 0.2) is 22.5 Å². The zero-order valence-electron chi connectivity index (χ0n) is 13.5. The average Bonchev–Trinajstić information content (AvgIpc) is 3.18. The molecule has 1 aliphatic heterocycles. The number of piperidine rings is 1. The highest BCUT2D eigenvalue weighted by Gasteiger charge is 2.31. The van der Waals surface area contributed by atoms with Gasteiger partial charge in [-0.05, 0) is 56.6 Å². The van der Waals surface area contributed by atoms with Crippen molar-refractivity contribution in [1.82, 2.24) is 10.2 Å². The summed E-state index contributed by atoms with van der Waals surface area (Å²) in [7, 11) is 2.24. The number of hydrogen-bond acceptors (Lipinski definition) is 3. The average molecular weight is 321 g/mol. The first kappa shape index (κ1) is 15.8. The first-order valence-corrected chi connectivity index (χ1v) is 9.42. The SMILES string of the molecule is CN1CCCC(CN=C(N)NC2CCCC2)C1c1cccs1. The van der Waals surface area contributed by atoms with Gasteiger partial charge >= 0.3 is 0 Å². The number of thiophene rings is 1. The summed E-state index contributed by atoms with van der Waals surface area (Å²) < 4.78 is 0. The molecule has 0 radical (unpaired) electrons. The van der Waals surface area contributed by atoms with Crippen LogP contribution in [0.2, 0.25) is 0 Å². The van der Waals surface area contributed by atoms with Crippen LogP contribution in [0.5, 0.6) is 0 Å². The van der Waals surface area contributed by atoms with Gasteiger partial charge in [-0.25, -0.2) is 0 Å². The quantitative estimate of drug-likeness (QED) is 0.662. The van der Waals surface area contributed by atoms with Gasteiger partial charge in [0.1, 0.15) is 0 Å². The largest absolute Gasteiger partial charge is 0.370 e. The fourth-order valence-electron chi connectivity index (χ4n) is 3.90. The highest BCUT2D eigenvalue weighted by Crippen LogP contribution is 2.37. The molecule has 2 aliphatic rings. The lowest BCUT2D eigenvalue weighted by Gasteiger charge is -2.38. The molecule has 1 saturated heterocycles. The minimum atomic E-state index is 0.497. The van der Waals surface area contributed by atoms with Crippen molar-refractivity contribution in [3.8, 4) is 0 Å².